The zero-order valence-corrected chi connectivity index (χ0v) is 12.5. The molecule has 0 aliphatic carbocycles. The first-order valence-electron chi connectivity index (χ1n) is 6.37. The van der Waals surface area contributed by atoms with Crippen LogP contribution in [-0.4, -0.2) is 6.03 Å². The summed E-state index contributed by atoms with van der Waals surface area (Å²) in [7, 11) is 0. The summed E-state index contributed by atoms with van der Waals surface area (Å²) in [6.07, 6.45) is 0. The molecular formula is C16H17ClN2O. The minimum Gasteiger partial charge on any atom is -0.308 e. The Morgan fingerprint density at radius 2 is 1.65 bits per heavy atom. The molecule has 0 aliphatic rings. The van der Waals surface area contributed by atoms with Crippen LogP contribution in [0.1, 0.15) is 16.7 Å². The Morgan fingerprint density at radius 1 is 0.950 bits per heavy atom. The molecule has 4 heteroatoms. The van der Waals surface area contributed by atoms with Crippen molar-refractivity contribution in [3.63, 3.8) is 0 Å². The lowest BCUT2D eigenvalue weighted by atomic mass is 10.1. The standard InChI is InChI=1S/C16H17ClN2O/c1-10-4-5-12(3)15(8-10)19-16(20)18-13-7-6-11(2)14(17)9-13/h4-9H,1-3H3,(H2,18,19,20). The number of amides is 2. The van der Waals surface area contributed by atoms with E-state index in [4.69, 9.17) is 11.6 Å². The molecule has 2 aromatic carbocycles. The monoisotopic (exact) mass is 288 g/mol. The number of halogens is 1. The zero-order chi connectivity index (χ0) is 14.7. The van der Waals surface area contributed by atoms with Crippen LogP contribution < -0.4 is 10.6 Å². The van der Waals surface area contributed by atoms with E-state index in [9.17, 15) is 4.79 Å². The number of nitrogens with one attached hydrogen (secondary N) is 2. The summed E-state index contributed by atoms with van der Waals surface area (Å²) < 4.78 is 0. The molecule has 0 saturated heterocycles. The molecule has 0 aromatic heterocycles. The van der Waals surface area contributed by atoms with Gasteiger partial charge in [-0.05, 0) is 55.7 Å². The van der Waals surface area contributed by atoms with Crippen LogP contribution in [0, 0.1) is 20.8 Å². The molecular weight excluding hydrogens is 272 g/mol. The van der Waals surface area contributed by atoms with Crippen LogP contribution >= 0.6 is 11.6 Å². The first kappa shape index (κ1) is 14.4. The van der Waals surface area contributed by atoms with Gasteiger partial charge in [-0.1, -0.05) is 29.8 Å². The third kappa shape index (κ3) is 3.52. The van der Waals surface area contributed by atoms with E-state index >= 15 is 0 Å². The van der Waals surface area contributed by atoms with Gasteiger partial charge >= 0.3 is 6.03 Å². The molecule has 0 heterocycles. The Labute approximate surface area is 124 Å². The Balaban J connectivity index is 2.09. The molecule has 3 nitrogen and oxygen atoms in total. The van der Waals surface area contributed by atoms with Gasteiger partial charge in [-0.15, -0.1) is 0 Å². The molecule has 0 saturated carbocycles. The van der Waals surface area contributed by atoms with Crippen LogP contribution in [0.3, 0.4) is 0 Å². The molecule has 0 radical (unpaired) electrons. The summed E-state index contributed by atoms with van der Waals surface area (Å²) in [6.45, 7) is 5.86. The fourth-order valence-corrected chi connectivity index (χ4v) is 2.01. The van der Waals surface area contributed by atoms with E-state index in [0.717, 1.165) is 22.4 Å². The summed E-state index contributed by atoms with van der Waals surface area (Å²) in [5.41, 5.74) is 4.58. The van der Waals surface area contributed by atoms with Crippen LogP contribution in [0.5, 0.6) is 0 Å². The minimum absolute atomic E-state index is 0.279. The Bertz CT molecular complexity index is 653. The lowest BCUT2D eigenvalue weighted by molar-refractivity contribution is 0.262. The summed E-state index contributed by atoms with van der Waals surface area (Å²) in [4.78, 5) is 12.0. The van der Waals surface area contributed by atoms with Gasteiger partial charge < -0.3 is 10.6 Å². The molecule has 2 amide bonds. The summed E-state index contributed by atoms with van der Waals surface area (Å²) >= 11 is 6.03. The lowest BCUT2D eigenvalue weighted by Gasteiger charge is -2.11. The van der Waals surface area contributed by atoms with E-state index < -0.39 is 0 Å². The minimum atomic E-state index is -0.279. The maximum atomic E-state index is 12.0. The van der Waals surface area contributed by atoms with Gasteiger partial charge in [-0.2, -0.15) is 0 Å². The van der Waals surface area contributed by atoms with E-state index in [2.05, 4.69) is 10.6 Å². The molecule has 0 bridgehead atoms. The van der Waals surface area contributed by atoms with Crippen molar-refractivity contribution in [2.75, 3.05) is 10.6 Å². The van der Waals surface area contributed by atoms with Gasteiger partial charge in [0.05, 0.1) is 0 Å². The van der Waals surface area contributed by atoms with Crippen LogP contribution in [0.25, 0.3) is 0 Å². The predicted molar refractivity (Wildman–Crippen MR) is 84.7 cm³/mol. The van der Waals surface area contributed by atoms with E-state index in [1.54, 1.807) is 6.07 Å². The van der Waals surface area contributed by atoms with Gasteiger partial charge in [0, 0.05) is 16.4 Å². The fourth-order valence-electron chi connectivity index (χ4n) is 1.83. The van der Waals surface area contributed by atoms with Crippen molar-refractivity contribution in [1.29, 1.82) is 0 Å². The van der Waals surface area contributed by atoms with Gasteiger partial charge in [-0.3, -0.25) is 0 Å². The zero-order valence-electron chi connectivity index (χ0n) is 11.8. The van der Waals surface area contributed by atoms with Gasteiger partial charge in [-0.25, -0.2) is 4.79 Å². The Kier molecular flexibility index (Phi) is 4.30. The van der Waals surface area contributed by atoms with Crippen LogP contribution in [0.2, 0.25) is 5.02 Å². The Morgan fingerprint density at radius 3 is 2.35 bits per heavy atom. The number of benzene rings is 2. The van der Waals surface area contributed by atoms with Crippen molar-refractivity contribution >= 4 is 29.0 Å². The third-order valence-electron chi connectivity index (χ3n) is 3.07. The van der Waals surface area contributed by atoms with E-state index in [1.807, 2.05) is 51.1 Å². The van der Waals surface area contributed by atoms with Crippen molar-refractivity contribution < 1.29 is 4.79 Å². The highest BCUT2D eigenvalue weighted by molar-refractivity contribution is 6.31. The largest absolute Gasteiger partial charge is 0.323 e. The highest BCUT2D eigenvalue weighted by Crippen LogP contribution is 2.21. The average molecular weight is 289 g/mol. The Hall–Kier alpha value is -2.00. The molecule has 20 heavy (non-hydrogen) atoms. The first-order chi connectivity index (χ1) is 9.45. The van der Waals surface area contributed by atoms with Gasteiger partial charge in [0.2, 0.25) is 0 Å². The number of rotatable bonds is 2. The maximum absolute atomic E-state index is 12.0. The third-order valence-corrected chi connectivity index (χ3v) is 3.48. The van der Waals surface area contributed by atoms with E-state index in [0.29, 0.717) is 10.7 Å². The second-order valence-electron chi connectivity index (χ2n) is 4.86. The molecule has 2 aromatic rings. The molecule has 0 spiro atoms. The second-order valence-corrected chi connectivity index (χ2v) is 5.27. The lowest BCUT2D eigenvalue weighted by Crippen LogP contribution is -2.20. The topological polar surface area (TPSA) is 41.1 Å². The highest BCUT2D eigenvalue weighted by Gasteiger charge is 2.06. The first-order valence-corrected chi connectivity index (χ1v) is 6.75. The van der Waals surface area contributed by atoms with E-state index in [1.165, 1.54) is 0 Å². The van der Waals surface area contributed by atoms with Crippen LogP contribution in [0.4, 0.5) is 16.2 Å². The van der Waals surface area contributed by atoms with Crippen molar-refractivity contribution in [3.8, 4) is 0 Å². The number of carbonyl (C=O) groups is 1. The number of urea groups is 1. The number of anilines is 2. The van der Waals surface area contributed by atoms with Crippen LogP contribution in [-0.2, 0) is 0 Å². The average Bonchev–Trinajstić information content (AvgIpc) is 2.38. The molecule has 2 rings (SSSR count). The van der Waals surface area contributed by atoms with Gasteiger partial charge in [0.15, 0.2) is 0 Å². The van der Waals surface area contributed by atoms with Crippen LogP contribution in [0.15, 0.2) is 36.4 Å². The smallest absolute Gasteiger partial charge is 0.308 e. The molecule has 0 unspecified atom stereocenters. The van der Waals surface area contributed by atoms with Crippen molar-refractivity contribution in [2.45, 2.75) is 20.8 Å². The number of aryl methyl sites for hydroxylation is 3. The summed E-state index contributed by atoms with van der Waals surface area (Å²) in [5.74, 6) is 0. The maximum Gasteiger partial charge on any atom is 0.323 e. The number of carbonyl (C=O) groups excluding carboxylic acids is 1. The normalized spacial score (nSPS) is 10.2. The number of hydrogen-bond donors (Lipinski definition) is 2. The molecule has 104 valence electrons. The molecule has 0 fully saturated rings. The van der Waals surface area contributed by atoms with E-state index in [-0.39, 0.29) is 6.03 Å². The van der Waals surface area contributed by atoms with Crippen molar-refractivity contribution in [1.82, 2.24) is 0 Å². The van der Waals surface area contributed by atoms with Gasteiger partial charge in [0.1, 0.15) is 0 Å². The summed E-state index contributed by atoms with van der Waals surface area (Å²) in [6, 6.07) is 11.1. The SMILES string of the molecule is Cc1ccc(C)c(NC(=O)Nc2ccc(C)c(Cl)c2)c1. The molecule has 0 atom stereocenters. The quantitative estimate of drug-likeness (QED) is 0.810. The number of hydrogen-bond acceptors (Lipinski definition) is 1. The van der Waals surface area contributed by atoms with Crippen molar-refractivity contribution in [2.24, 2.45) is 0 Å². The fraction of sp³-hybridized carbons (Fsp3) is 0.188. The second kappa shape index (κ2) is 5.97. The molecule has 2 N–H and O–H groups in total. The van der Waals surface area contributed by atoms with Gasteiger partial charge in [0.25, 0.3) is 0 Å². The van der Waals surface area contributed by atoms with Crippen molar-refractivity contribution in [3.05, 3.63) is 58.1 Å². The predicted octanol–water partition coefficient (Wildman–Crippen LogP) is 4.91. The summed E-state index contributed by atoms with van der Waals surface area (Å²) in [5, 5.41) is 6.24. The molecule has 0 aliphatic heterocycles. The highest BCUT2D eigenvalue weighted by atomic mass is 35.5.